The number of nitrogens with zero attached hydrogens (tertiary/aromatic N) is 1. The van der Waals surface area contributed by atoms with Gasteiger partial charge in [-0.2, -0.15) is 0 Å². The van der Waals surface area contributed by atoms with Crippen LogP contribution in [0.4, 0.5) is 0 Å². The lowest BCUT2D eigenvalue weighted by molar-refractivity contribution is 0.173. The van der Waals surface area contributed by atoms with Crippen LogP contribution in [0.3, 0.4) is 0 Å². The summed E-state index contributed by atoms with van der Waals surface area (Å²) in [5.41, 5.74) is 0.446. The summed E-state index contributed by atoms with van der Waals surface area (Å²) in [6.07, 6.45) is 2.67. The largest absolute Gasteiger partial charge is 0.316 e. The van der Waals surface area contributed by atoms with Gasteiger partial charge in [-0.3, -0.25) is 0 Å². The van der Waals surface area contributed by atoms with Crippen molar-refractivity contribution in [3.05, 3.63) is 0 Å². The monoisotopic (exact) mass is 240 g/mol. The van der Waals surface area contributed by atoms with E-state index in [2.05, 4.69) is 44.8 Å². The number of hydrogen-bond donors (Lipinski definition) is 1. The van der Waals surface area contributed by atoms with Gasteiger partial charge in [-0.15, -0.1) is 0 Å². The third-order valence-electron chi connectivity index (χ3n) is 4.51. The fourth-order valence-corrected chi connectivity index (χ4v) is 2.81. The molecule has 0 bridgehead atoms. The van der Waals surface area contributed by atoms with Crippen LogP contribution in [0.25, 0.3) is 0 Å². The minimum Gasteiger partial charge on any atom is -0.316 e. The fraction of sp³-hybridized carbons (Fsp3) is 1.00. The van der Waals surface area contributed by atoms with Crippen molar-refractivity contribution in [1.82, 2.24) is 10.2 Å². The van der Waals surface area contributed by atoms with Crippen molar-refractivity contribution in [3.8, 4) is 0 Å². The molecule has 2 atom stereocenters. The molecule has 17 heavy (non-hydrogen) atoms. The van der Waals surface area contributed by atoms with Gasteiger partial charge in [-0.25, -0.2) is 0 Å². The highest BCUT2D eigenvalue weighted by atomic mass is 15.2. The Morgan fingerprint density at radius 1 is 1.35 bits per heavy atom. The summed E-state index contributed by atoms with van der Waals surface area (Å²) in [6, 6.07) is 0. The number of nitrogens with one attached hydrogen (secondary N) is 1. The van der Waals surface area contributed by atoms with Gasteiger partial charge in [-0.1, -0.05) is 34.6 Å². The summed E-state index contributed by atoms with van der Waals surface area (Å²) in [7, 11) is 0. The molecule has 1 rings (SSSR count). The Morgan fingerprint density at radius 2 is 2.06 bits per heavy atom. The van der Waals surface area contributed by atoms with Crippen molar-refractivity contribution in [1.29, 1.82) is 0 Å². The fourth-order valence-electron chi connectivity index (χ4n) is 2.81. The van der Waals surface area contributed by atoms with Gasteiger partial charge in [-0.05, 0) is 43.2 Å². The molecule has 1 fully saturated rings. The molecular weight excluding hydrogens is 208 g/mol. The van der Waals surface area contributed by atoms with Crippen LogP contribution in [-0.2, 0) is 0 Å². The molecule has 0 aliphatic carbocycles. The van der Waals surface area contributed by atoms with Gasteiger partial charge < -0.3 is 10.2 Å². The molecule has 0 aromatic rings. The second kappa shape index (κ2) is 6.75. The first kappa shape index (κ1) is 15.0. The van der Waals surface area contributed by atoms with E-state index in [1.165, 1.54) is 32.5 Å². The number of hydrogen-bond acceptors (Lipinski definition) is 2. The van der Waals surface area contributed by atoms with E-state index in [0.29, 0.717) is 5.41 Å². The lowest BCUT2D eigenvalue weighted by Crippen LogP contribution is -2.41. The van der Waals surface area contributed by atoms with E-state index >= 15 is 0 Å². The maximum Gasteiger partial charge on any atom is 0.00475 e. The smallest absolute Gasteiger partial charge is 0.00475 e. The lowest BCUT2D eigenvalue weighted by atomic mass is 9.86. The summed E-state index contributed by atoms with van der Waals surface area (Å²) in [5.74, 6) is 1.77. The highest BCUT2D eigenvalue weighted by Gasteiger charge is 2.30. The molecule has 1 aliphatic rings. The maximum absolute atomic E-state index is 3.52. The number of likely N-dealkylation sites (tertiary alicyclic amines) is 1. The first-order valence-electron chi connectivity index (χ1n) is 7.44. The third kappa shape index (κ3) is 4.59. The van der Waals surface area contributed by atoms with E-state index in [9.17, 15) is 0 Å². The van der Waals surface area contributed by atoms with Gasteiger partial charge >= 0.3 is 0 Å². The van der Waals surface area contributed by atoms with Gasteiger partial charge in [0.05, 0.1) is 0 Å². The molecule has 1 N–H and O–H groups in total. The second-order valence-electron chi connectivity index (χ2n) is 6.47. The first-order chi connectivity index (χ1) is 8.00. The summed E-state index contributed by atoms with van der Waals surface area (Å²) in [4.78, 5) is 2.69. The van der Waals surface area contributed by atoms with Crippen LogP contribution >= 0.6 is 0 Å². The normalized spacial score (nSPS) is 25.4. The van der Waals surface area contributed by atoms with Gasteiger partial charge in [0.25, 0.3) is 0 Å². The van der Waals surface area contributed by atoms with Crippen molar-refractivity contribution < 1.29 is 0 Å². The van der Waals surface area contributed by atoms with E-state index in [4.69, 9.17) is 0 Å². The van der Waals surface area contributed by atoms with Crippen LogP contribution in [0.2, 0.25) is 0 Å². The molecule has 0 spiro atoms. The van der Waals surface area contributed by atoms with E-state index in [1.807, 2.05) is 0 Å². The molecule has 2 unspecified atom stereocenters. The van der Waals surface area contributed by atoms with Crippen molar-refractivity contribution in [2.24, 2.45) is 17.3 Å². The highest BCUT2D eigenvalue weighted by molar-refractivity contribution is 4.84. The zero-order chi connectivity index (χ0) is 12.9. The Kier molecular flexibility index (Phi) is 5.94. The summed E-state index contributed by atoms with van der Waals surface area (Å²) < 4.78 is 0. The zero-order valence-corrected chi connectivity index (χ0v) is 12.6. The van der Waals surface area contributed by atoms with Crippen LogP contribution < -0.4 is 5.32 Å². The Labute approximate surface area is 108 Å². The Balaban J connectivity index is 2.41. The van der Waals surface area contributed by atoms with Crippen molar-refractivity contribution in [2.45, 2.75) is 47.5 Å². The molecule has 2 heteroatoms. The molecular formula is C15H32N2. The summed E-state index contributed by atoms with van der Waals surface area (Å²) >= 11 is 0. The molecule has 0 aromatic heterocycles. The molecule has 1 aliphatic heterocycles. The lowest BCUT2D eigenvalue weighted by Gasteiger charge is -2.33. The topological polar surface area (TPSA) is 15.3 Å². The average Bonchev–Trinajstić information content (AvgIpc) is 2.75. The maximum atomic E-state index is 3.52. The predicted octanol–water partition coefficient (Wildman–Crippen LogP) is 2.99. The summed E-state index contributed by atoms with van der Waals surface area (Å²) in [5, 5.41) is 3.52. The van der Waals surface area contributed by atoms with E-state index < -0.39 is 0 Å². The number of rotatable bonds is 7. The SMILES string of the molecule is CCNCC(C)(CC)CN1CCC(C(C)C)C1. The van der Waals surface area contributed by atoms with Crippen molar-refractivity contribution >= 4 is 0 Å². The minimum absolute atomic E-state index is 0.446. The molecule has 0 amide bonds. The predicted molar refractivity (Wildman–Crippen MR) is 76.3 cm³/mol. The molecule has 1 saturated heterocycles. The standard InChI is InChI=1S/C15H32N2/c1-6-15(5,11-16-7-2)12-17-9-8-14(10-17)13(3)4/h13-14,16H,6-12H2,1-5H3. The quantitative estimate of drug-likeness (QED) is 0.736. The zero-order valence-electron chi connectivity index (χ0n) is 12.6. The summed E-state index contributed by atoms with van der Waals surface area (Å²) in [6.45, 7) is 17.8. The van der Waals surface area contributed by atoms with Crippen molar-refractivity contribution in [2.75, 3.05) is 32.7 Å². The molecule has 2 nitrogen and oxygen atoms in total. The average molecular weight is 240 g/mol. The van der Waals surface area contributed by atoms with Crippen LogP contribution in [-0.4, -0.2) is 37.6 Å². The van der Waals surface area contributed by atoms with E-state index in [-0.39, 0.29) is 0 Å². The minimum atomic E-state index is 0.446. The van der Waals surface area contributed by atoms with Crippen LogP contribution in [0.1, 0.15) is 47.5 Å². The van der Waals surface area contributed by atoms with Gasteiger partial charge in [0.15, 0.2) is 0 Å². The van der Waals surface area contributed by atoms with Crippen molar-refractivity contribution in [3.63, 3.8) is 0 Å². The first-order valence-corrected chi connectivity index (χ1v) is 7.44. The van der Waals surface area contributed by atoms with Crippen LogP contribution in [0, 0.1) is 17.3 Å². The molecule has 0 radical (unpaired) electrons. The second-order valence-corrected chi connectivity index (χ2v) is 6.47. The Hall–Kier alpha value is -0.0800. The van der Waals surface area contributed by atoms with Gasteiger partial charge in [0.1, 0.15) is 0 Å². The molecule has 102 valence electrons. The van der Waals surface area contributed by atoms with Gasteiger partial charge in [0, 0.05) is 19.6 Å². The highest BCUT2D eigenvalue weighted by Crippen LogP contribution is 2.28. The van der Waals surface area contributed by atoms with Gasteiger partial charge in [0.2, 0.25) is 0 Å². The van der Waals surface area contributed by atoms with Crippen LogP contribution in [0.5, 0.6) is 0 Å². The molecule has 1 heterocycles. The Morgan fingerprint density at radius 3 is 2.53 bits per heavy atom. The molecule has 0 aromatic carbocycles. The van der Waals surface area contributed by atoms with E-state index in [0.717, 1.165) is 24.9 Å². The Bertz CT molecular complexity index is 215. The van der Waals surface area contributed by atoms with Crippen LogP contribution in [0.15, 0.2) is 0 Å². The third-order valence-corrected chi connectivity index (χ3v) is 4.51. The molecule has 0 saturated carbocycles. The van der Waals surface area contributed by atoms with E-state index in [1.54, 1.807) is 0 Å².